The summed E-state index contributed by atoms with van der Waals surface area (Å²) in [7, 11) is 4.14. The molecule has 1 N–H and O–H groups in total. The molecule has 2 heteroatoms. The van der Waals surface area contributed by atoms with Crippen LogP contribution in [0.1, 0.15) is 31.7 Å². The Hall–Kier alpha value is -1.54. The van der Waals surface area contributed by atoms with E-state index in [0.29, 0.717) is 5.92 Å². The second-order valence-electron chi connectivity index (χ2n) is 5.60. The molecule has 0 saturated carbocycles. The second-order valence-corrected chi connectivity index (χ2v) is 5.60. The third kappa shape index (κ3) is 2.90. The van der Waals surface area contributed by atoms with Gasteiger partial charge in [0, 0.05) is 25.2 Å². The Morgan fingerprint density at radius 1 is 1.00 bits per heavy atom. The van der Waals surface area contributed by atoms with Gasteiger partial charge in [-0.15, -0.1) is 0 Å². The molecule has 0 unspecified atom stereocenters. The fraction of sp³-hybridized carbons (Fsp3) is 0.412. The van der Waals surface area contributed by atoms with Crippen molar-refractivity contribution in [3.63, 3.8) is 0 Å². The lowest BCUT2D eigenvalue weighted by Crippen LogP contribution is -2.10. The van der Waals surface area contributed by atoms with E-state index in [1.54, 1.807) is 0 Å². The average Bonchev–Trinajstić information content (AvgIpc) is 2.36. The zero-order valence-electron chi connectivity index (χ0n) is 12.2. The summed E-state index contributed by atoms with van der Waals surface area (Å²) in [6, 6.07) is 12.9. The van der Waals surface area contributed by atoms with Crippen molar-refractivity contribution < 1.29 is 5.11 Å². The summed E-state index contributed by atoms with van der Waals surface area (Å²) in [6.45, 7) is 4.04. The van der Waals surface area contributed by atoms with Gasteiger partial charge in [0.25, 0.3) is 0 Å². The Kier molecular flexibility index (Phi) is 4.11. The third-order valence-corrected chi connectivity index (χ3v) is 3.64. The first-order valence-corrected chi connectivity index (χ1v) is 6.87. The molecule has 0 fully saturated rings. The summed E-state index contributed by atoms with van der Waals surface area (Å²) >= 11 is 0. The van der Waals surface area contributed by atoms with Crippen LogP contribution in [0.2, 0.25) is 0 Å². The Morgan fingerprint density at radius 3 is 2.26 bits per heavy atom. The van der Waals surface area contributed by atoms with Crippen molar-refractivity contribution in [2.24, 2.45) is 0 Å². The number of hydrogen-bond donors (Lipinski definition) is 1. The predicted octanol–water partition coefficient (Wildman–Crippen LogP) is 3.78. The van der Waals surface area contributed by atoms with Gasteiger partial charge in [-0.2, -0.15) is 0 Å². The van der Waals surface area contributed by atoms with Crippen LogP contribution in [0.25, 0.3) is 10.8 Å². The molecule has 0 radical (unpaired) electrons. The van der Waals surface area contributed by atoms with Crippen molar-refractivity contribution in [3.8, 4) is 0 Å². The molecule has 2 rings (SSSR count). The number of nitrogens with zero attached hydrogens (tertiary/aromatic N) is 1. The highest BCUT2D eigenvalue weighted by atomic mass is 16.3. The first-order chi connectivity index (χ1) is 9.00. The minimum atomic E-state index is -0.262. The van der Waals surface area contributed by atoms with E-state index < -0.39 is 0 Å². The normalized spacial score (nSPS) is 14.4. The lowest BCUT2D eigenvalue weighted by Gasteiger charge is -2.20. The lowest BCUT2D eigenvalue weighted by molar-refractivity contribution is 0.177. The van der Waals surface area contributed by atoms with Gasteiger partial charge in [0.2, 0.25) is 0 Å². The molecule has 0 bridgehead atoms. The molecule has 19 heavy (non-hydrogen) atoms. The number of fused-ring (bicyclic) bond motifs is 1. The SMILES string of the molecule is C[C@@H](O)C[C@H](C)c1cccc2c(N(C)C)cccc12. The van der Waals surface area contributed by atoms with Crippen LogP contribution in [0.15, 0.2) is 36.4 Å². The Bertz CT molecular complexity index is 560. The molecule has 2 aromatic carbocycles. The number of rotatable bonds is 4. The molecule has 2 aromatic rings. The first-order valence-electron chi connectivity index (χ1n) is 6.87. The van der Waals surface area contributed by atoms with Crippen molar-refractivity contribution >= 4 is 16.5 Å². The van der Waals surface area contributed by atoms with Gasteiger partial charge in [0.05, 0.1) is 6.10 Å². The minimum absolute atomic E-state index is 0.262. The molecule has 2 nitrogen and oxygen atoms in total. The summed E-state index contributed by atoms with van der Waals surface area (Å²) in [5.41, 5.74) is 2.56. The molecule has 0 aliphatic heterocycles. The minimum Gasteiger partial charge on any atom is -0.393 e. The smallest absolute Gasteiger partial charge is 0.0517 e. The van der Waals surface area contributed by atoms with Gasteiger partial charge in [0.1, 0.15) is 0 Å². The number of hydrogen-bond acceptors (Lipinski definition) is 2. The number of aliphatic hydroxyl groups excluding tert-OH is 1. The molecule has 0 amide bonds. The van der Waals surface area contributed by atoms with Crippen molar-refractivity contribution in [2.45, 2.75) is 32.3 Å². The van der Waals surface area contributed by atoms with E-state index in [1.807, 2.05) is 6.92 Å². The topological polar surface area (TPSA) is 23.5 Å². The van der Waals surface area contributed by atoms with Crippen LogP contribution in [0.3, 0.4) is 0 Å². The van der Waals surface area contributed by atoms with Crippen LogP contribution < -0.4 is 4.90 Å². The molecule has 0 saturated heterocycles. The van der Waals surface area contributed by atoms with Crippen LogP contribution in [-0.4, -0.2) is 25.3 Å². The maximum atomic E-state index is 9.59. The van der Waals surface area contributed by atoms with Gasteiger partial charge < -0.3 is 10.0 Å². The van der Waals surface area contributed by atoms with Crippen molar-refractivity contribution in [3.05, 3.63) is 42.0 Å². The molecular formula is C17H23NO. The monoisotopic (exact) mass is 257 g/mol. The van der Waals surface area contributed by atoms with Gasteiger partial charge in [-0.05, 0) is 36.3 Å². The van der Waals surface area contributed by atoms with E-state index in [0.717, 1.165) is 6.42 Å². The maximum Gasteiger partial charge on any atom is 0.0517 e. The van der Waals surface area contributed by atoms with Gasteiger partial charge in [-0.3, -0.25) is 0 Å². The standard InChI is InChI=1S/C17H23NO/c1-12(11-13(2)19)14-7-5-9-16-15(14)8-6-10-17(16)18(3)4/h5-10,12-13,19H,11H2,1-4H3/t12-,13+/m0/s1. The van der Waals surface area contributed by atoms with E-state index in [2.05, 4.69) is 62.3 Å². The summed E-state index contributed by atoms with van der Waals surface area (Å²) in [4.78, 5) is 2.14. The zero-order chi connectivity index (χ0) is 14.0. The quantitative estimate of drug-likeness (QED) is 0.901. The van der Waals surface area contributed by atoms with Crippen LogP contribution in [0, 0.1) is 0 Å². The van der Waals surface area contributed by atoms with Crippen LogP contribution in [-0.2, 0) is 0 Å². The van der Waals surface area contributed by atoms with Crippen molar-refractivity contribution in [2.75, 3.05) is 19.0 Å². The predicted molar refractivity (Wildman–Crippen MR) is 83.0 cm³/mol. The summed E-state index contributed by atoms with van der Waals surface area (Å²) in [6.07, 6.45) is 0.535. The molecule has 0 spiro atoms. The Labute approximate surface area is 115 Å². The van der Waals surface area contributed by atoms with Crippen molar-refractivity contribution in [1.82, 2.24) is 0 Å². The first kappa shape index (κ1) is 13.9. The third-order valence-electron chi connectivity index (χ3n) is 3.64. The van der Waals surface area contributed by atoms with Gasteiger partial charge in [-0.25, -0.2) is 0 Å². The van der Waals surface area contributed by atoms with E-state index in [-0.39, 0.29) is 6.10 Å². The lowest BCUT2D eigenvalue weighted by atomic mass is 9.90. The number of benzene rings is 2. The molecule has 102 valence electrons. The number of aliphatic hydroxyl groups is 1. The zero-order valence-corrected chi connectivity index (χ0v) is 12.2. The molecular weight excluding hydrogens is 234 g/mol. The Morgan fingerprint density at radius 2 is 1.63 bits per heavy atom. The van der Waals surface area contributed by atoms with Gasteiger partial charge >= 0.3 is 0 Å². The van der Waals surface area contributed by atoms with E-state index in [9.17, 15) is 5.11 Å². The van der Waals surface area contributed by atoms with Crippen LogP contribution in [0.5, 0.6) is 0 Å². The molecule has 0 heterocycles. The highest BCUT2D eigenvalue weighted by molar-refractivity contribution is 5.96. The summed E-state index contributed by atoms with van der Waals surface area (Å²) < 4.78 is 0. The number of anilines is 1. The molecule has 0 aliphatic rings. The summed E-state index contributed by atoms with van der Waals surface area (Å²) in [5, 5.41) is 12.2. The largest absolute Gasteiger partial charge is 0.393 e. The van der Waals surface area contributed by atoms with E-state index in [4.69, 9.17) is 0 Å². The molecule has 0 aromatic heterocycles. The highest BCUT2D eigenvalue weighted by Crippen LogP contribution is 2.32. The highest BCUT2D eigenvalue weighted by Gasteiger charge is 2.13. The Balaban J connectivity index is 2.55. The van der Waals surface area contributed by atoms with Crippen LogP contribution >= 0.6 is 0 Å². The second kappa shape index (κ2) is 5.62. The van der Waals surface area contributed by atoms with Gasteiger partial charge in [-0.1, -0.05) is 37.3 Å². The maximum absolute atomic E-state index is 9.59. The van der Waals surface area contributed by atoms with E-state index >= 15 is 0 Å². The molecule has 2 atom stereocenters. The fourth-order valence-electron chi connectivity index (χ4n) is 2.78. The van der Waals surface area contributed by atoms with Gasteiger partial charge in [0.15, 0.2) is 0 Å². The van der Waals surface area contributed by atoms with Crippen LogP contribution in [0.4, 0.5) is 5.69 Å². The van der Waals surface area contributed by atoms with E-state index in [1.165, 1.54) is 22.0 Å². The average molecular weight is 257 g/mol. The van der Waals surface area contributed by atoms with Crippen molar-refractivity contribution in [1.29, 1.82) is 0 Å². The fourth-order valence-corrected chi connectivity index (χ4v) is 2.78. The molecule has 0 aliphatic carbocycles. The summed E-state index contributed by atoms with van der Waals surface area (Å²) in [5.74, 6) is 0.362.